The number of nitrogens with two attached hydrogens (primary N) is 1. The van der Waals surface area contributed by atoms with Crippen LogP contribution in [0.4, 0.5) is 5.69 Å². The molecule has 0 unspecified atom stereocenters. The van der Waals surface area contributed by atoms with Gasteiger partial charge in [-0.1, -0.05) is 23.7 Å². The first-order valence-corrected chi connectivity index (χ1v) is 8.39. The van der Waals surface area contributed by atoms with Crippen LogP contribution < -0.4 is 15.8 Å². The Hall–Kier alpha value is -2.37. The highest BCUT2D eigenvalue weighted by Crippen LogP contribution is 2.22. The fourth-order valence-electron chi connectivity index (χ4n) is 2.30. The SMILES string of the molecule is Cc1cc(Cl)ccc1OCCCC(=O)Nc1cccc(C(=O)CN)c1. The van der Waals surface area contributed by atoms with E-state index >= 15 is 0 Å². The quantitative estimate of drug-likeness (QED) is 0.556. The molecule has 132 valence electrons. The number of anilines is 1. The van der Waals surface area contributed by atoms with Crippen molar-refractivity contribution in [3.05, 3.63) is 58.6 Å². The Morgan fingerprint density at radius 2 is 2.00 bits per heavy atom. The maximum Gasteiger partial charge on any atom is 0.224 e. The van der Waals surface area contributed by atoms with E-state index in [0.717, 1.165) is 11.3 Å². The van der Waals surface area contributed by atoms with E-state index in [1.165, 1.54) is 0 Å². The number of rotatable bonds is 8. The third kappa shape index (κ3) is 5.89. The van der Waals surface area contributed by atoms with Gasteiger partial charge in [0.05, 0.1) is 13.2 Å². The molecule has 0 spiro atoms. The lowest BCUT2D eigenvalue weighted by Gasteiger charge is -2.10. The van der Waals surface area contributed by atoms with Crippen LogP contribution in [-0.2, 0) is 4.79 Å². The van der Waals surface area contributed by atoms with E-state index in [9.17, 15) is 9.59 Å². The summed E-state index contributed by atoms with van der Waals surface area (Å²) in [5.41, 5.74) is 7.37. The van der Waals surface area contributed by atoms with Gasteiger partial charge >= 0.3 is 0 Å². The van der Waals surface area contributed by atoms with Gasteiger partial charge in [-0.15, -0.1) is 0 Å². The van der Waals surface area contributed by atoms with E-state index in [-0.39, 0.29) is 18.2 Å². The van der Waals surface area contributed by atoms with Crippen molar-refractivity contribution < 1.29 is 14.3 Å². The maximum absolute atomic E-state index is 12.0. The predicted molar refractivity (Wildman–Crippen MR) is 99.4 cm³/mol. The predicted octanol–water partition coefficient (Wildman–Crippen LogP) is 3.59. The number of carbonyl (C=O) groups is 2. The Bertz CT molecular complexity index is 762. The molecule has 0 saturated heterocycles. The van der Waals surface area contributed by atoms with Gasteiger partial charge in [-0.25, -0.2) is 0 Å². The average molecular weight is 361 g/mol. The minimum atomic E-state index is -0.164. The number of halogens is 1. The molecule has 2 aromatic rings. The summed E-state index contributed by atoms with van der Waals surface area (Å²) in [6.07, 6.45) is 0.900. The van der Waals surface area contributed by atoms with Crippen LogP contribution in [0.2, 0.25) is 5.02 Å². The summed E-state index contributed by atoms with van der Waals surface area (Å²) in [6.45, 7) is 2.30. The van der Waals surface area contributed by atoms with Gasteiger partial charge < -0.3 is 15.8 Å². The summed E-state index contributed by atoms with van der Waals surface area (Å²) in [7, 11) is 0. The molecule has 0 heterocycles. The summed E-state index contributed by atoms with van der Waals surface area (Å²) in [4.78, 5) is 23.6. The van der Waals surface area contributed by atoms with E-state index in [2.05, 4.69) is 5.32 Å². The normalized spacial score (nSPS) is 10.4. The first-order chi connectivity index (χ1) is 12.0. The van der Waals surface area contributed by atoms with Gasteiger partial charge in [0.1, 0.15) is 5.75 Å². The highest BCUT2D eigenvalue weighted by atomic mass is 35.5. The molecule has 0 fully saturated rings. The second-order valence-corrected chi connectivity index (χ2v) is 6.05. The summed E-state index contributed by atoms with van der Waals surface area (Å²) in [5.74, 6) is 0.467. The van der Waals surface area contributed by atoms with Gasteiger partial charge in [0.15, 0.2) is 5.78 Å². The number of ketones is 1. The molecule has 2 aromatic carbocycles. The Morgan fingerprint density at radius 1 is 1.20 bits per heavy atom. The Morgan fingerprint density at radius 3 is 2.72 bits per heavy atom. The van der Waals surface area contributed by atoms with Gasteiger partial charge in [0, 0.05) is 22.7 Å². The van der Waals surface area contributed by atoms with Crippen molar-refractivity contribution in [2.45, 2.75) is 19.8 Å². The van der Waals surface area contributed by atoms with Crippen LogP contribution in [-0.4, -0.2) is 24.8 Å². The van der Waals surface area contributed by atoms with Gasteiger partial charge in [-0.05, 0) is 49.2 Å². The summed E-state index contributed by atoms with van der Waals surface area (Å²) in [6, 6.07) is 12.2. The molecule has 1 amide bonds. The van der Waals surface area contributed by atoms with Crippen molar-refractivity contribution in [2.75, 3.05) is 18.5 Å². The summed E-state index contributed by atoms with van der Waals surface area (Å²) in [5, 5.41) is 3.44. The number of hydrogen-bond acceptors (Lipinski definition) is 4. The molecule has 0 aliphatic carbocycles. The molecule has 0 radical (unpaired) electrons. The largest absolute Gasteiger partial charge is 0.493 e. The van der Waals surface area contributed by atoms with E-state index in [4.69, 9.17) is 22.1 Å². The van der Waals surface area contributed by atoms with Crippen LogP contribution in [0, 0.1) is 6.92 Å². The fourth-order valence-corrected chi connectivity index (χ4v) is 2.53. The van der Waals surface area contributed by atoms with Crippen molar-refractivity contribution in [1.29, 1.82) is 0 Å². The first kappa shape index (κ1) is 19.0. The number of ether oxygens (including phenoxy) is 1. The monoisotopic (exact) mass is 360 g/mol. The van der Waals surface area contributed by atoms with Crippen molar-refractivity contribution in [2.24, 2.45) is 5.73 Å². The summed E-state index contributed by atoms with van der Waals surface area (Å²) < 4.78 is 5.66. The molecule has 2 rings (SSSR count). The Balaban J connectivity index is 1.78. The van der Waals surface area contributed by atoms with Gasteiger partial charge in [-0.3, -0.25) is 9.59 Å². The third-order valence-electron chi connectivity index (χ3n) is 3.60. The van der Waals surface area contributed by atoms with Crippen LogP contribution in [0.1, 0.15) is 28.8 Å². The minimum absolute atomic E-state index is 0.0567. The average Bonchev–Trinajstić information content (AvgIpc) is 2.59. The van der Waals surface area contributed by atoms with E-state index < -0.39 is 0 Å². The lowest BCUT2D eigenvalue weighted by Crippen LogP contribution is -2.15. The molecule has 0 aromatic heterocycles. The van der Waals surface area contributed by atoms with Crippen LogP contribution >= 0.6 is 11.6 Å². The standard InChI is InChI=1S/C19H21ClN2O3/c1-13-10-15(20)7-8-18(13)25-9-3-6-19(24)22-16-5-2-4-14(11-16)17(23)12-21/h2,4-5,7-8,10-11H,3,6,9,12,21H2,1H3,(H,22,24). The number of aryl methyl sites for hydroxylation is 1. The zero-order valence-electron chi connectivity index (χ0n) is 14.0. The smallest absolute Gasteiger partial charge is 0.224 e. The number of amides is 1. The number of hydrogen-bond donors (Lipinski definition) is 2. The van der Waals surface area contributed by atoms with Crippen LogP contribution in [0.15, 0.2) is 42.5 Å². The number of carbonyl (C=O) groups excluding carboxylic acids is 2. The van der Waals surface area contributed by atoms with Crippen molar-refractivity contribution in [3.63, 3.8) is 0 Å². The molecule has 25 heavy (non-hydrogen) atoms. The lowest BCUT2D eigenvalue weighted by molar-refractivity contribution is -0.116. The molecule has 0 aliphatic rings. The number of benzene rings is 2. The van der Waals surface area contributed by atoms with Crippen molar-refractivity contribution >= 4 is 29.0 Å². The van der Waals surface area contributed by atoms with Crippen molar-refractivity contribution in [1.82, 2.24) is 0 Å². The van der Waals surface area contributed by atoms with E-state index in [1.807, 2.05) is 19.1 Å². The minimum Gasteiger partial charge on any atom is -0.493 e. The third-order valence-corrected chi connectivity index (χ3v) is 3.83. The number of nitrogens with one attached hydrogen (secondary N) is 1. The molecular weight excluding hydrogens is 340 g/mol. The Kier molecular flexibility index (Phi) is 6.98. The van der Waals surface area contributed by atoms with Crippen LogP contribution in [0.5, 0.6) is 5.75 Å². The van der Waals surface area contributed by atoms with Crippen LogP contribution in [0.25, 0.3) is 0 Å². The van der Waals surface area contributed by atoms with E-state index in [0.29, 0.717) is 35.7 Å². The highest BCUT2D eigenvalue weighted by molar-refractivity contribution is 6.30. The molecule has 0 atom stereocenters. The molecular formula is C19H21ClN2O3. The fraction of sp³-hybridized carbons (Fsp3) is 0.263. The molecule has 0 aliphatic heterocycles. The molecule has 5 nitrogen and oxygen atoms in total. The van der Waals surface area contributed by atoms with Gasteiger partial charge in [0.2, 0.25) is 5.91 Å². The second-order valence-electron chi connectivity index (χ2n) is 5.62. The van der Waals surface area contributed by atoms with Crippen molar-refractivity contribution in [3.8, 4) is 5.75 Å². The molecule has 0 bridgehead atoms. The molecule has 3 N–H and O–H groups in total. The molecule has 0 saturated carbocycles. The van der Waals surface area contributed by atoms with Gasteiger partial charge in [-0.2, -0.15) is 0 Å². The summed E-state index contributed by atoms with van der Waals surface area (Å²) >= 11 is 5.90. The first-order valence-electron chi connectivity index (χ1n) is 8.01. The zero-order chi connectivity index (χ0) is 18.2. The lowest BCUT2D eigenvalue weighted by atomic mass is 10.1. The highest BCUT2D eigenvalue weighted by Gasteiger charge is 2.07. The second kappa shape index (κ2) is 9.20. The Labute approximate surface area is 152 Å². The maximum atomic E-state index is 12.0. The number of Topliss-reactive ketones (excluding diaryl/α,β-unsaturated/α-hetero) is 1. The van der Waals surface area contributed by atoms with Gasteiger partial charge in [0.25, 0.3) is 0 Å². The zero-order valence-corrected chi connectivity index (χ0v) is 14.8. The van der Waals surface area contributed by atoms with E-state index in [1.54, 1.807) is 30.3 Å². The molecule has 6 heteroatoms. The topological polar surface area (TPSA) is 81.4 Å². The van der Waals surface area contributed by atoms with Crippen LogP contribution in [0.3, 0.4) is 0 Å².